The standard InChI is InChI=1S/C15H12Br2F3N3O/c1-23(13-7-9(16)5-6-12(13)17)14(21)22-10-3-2-4-11(8-10)24-15(18,19)20/h2-8H,1H3,(H2,21,22). The first kappa shape index (κ1) is 18.6. The van der Waals surface area contributed by atoms with Gasteiger partial charge in [-0.2, -0.15) is 0 Å². The van der Waals surface area contributed by atoms with Crippen LogP contribution >= 0.6 is 31.9 Å². The predicted octanol–water partition coefficient (Wildman–Crippen LogP) is 5.59. The summed E-state index contributed by atoms with van der Waals surface area (Å²) in [7, 11) is 1.66. The number of anilines is 2. The molecule has 0 bridgehead atoms. The van der Waals surface area contributed by atoms with Gasteiger partial charge < -0.3 is 15.0 Å². The monoisotopic (exact) mass is 465 g/mol. The highest BCUT2D eigenvalue weighted by Crippen LogP contribution is 2.29. The molecule has 0 atom stereocenters. The largest absolute Gasteiger partial charge is 0.573 e. The van der Waals surface area contributed by atoms with Crippen molar-refractivity contribution in [2.24, 2.45) is 0 Å². The summed E-state index contributed by atoms with van der Waals surface area (Å²) in [6, 6.07) is 10.8. The highest BCUT2D eigenvalue weighted by atomic mass is 79.9. The van der Waals surface area contributed by atoms with Crippen LogP contribution in [0.4, 0.5) is 24.5 Å². The van der Waals surface area contributed by atoms with Crippen LogP contribution in [0.25, 0.3) is 0 Å². The van der Waals surface area contributed by atoms with Crippen LogP contribution in [0.2, 0.25) is 0 Å². The van der Waals surface area contributed by atoms with Crippen LogP contribution < -0.4 is 15.0 Å². The average molecular weight is 467 g/mol. The SMILES string of the molecule is CN(C(=N)Nc1cccc(OC(F)(F)F)c1)c1cc(Br)ccc1Br. The van der Waals surface area contributed by atoms with E-state index in [0.717, 1.165) is 8.95 Å². The van der Waals surface area contributed by atoms with Crippen LogP contribution in [0.1, 0.15) is 0 Å². The molecule has 2 N–H and O–H groups in total. The number of guanidine groups is 1. The molecule has 2 aromatic rings. The second-order valence-electron chi connectivity index (χ2n) is 4.70. The second kappa shape index (κ2) is 7.43. The summed E-state index contributed by atoms with van der Waals surface area (Å²) in [6.07, 6.45) is -4.76. The van der Waals surface area contributed by atoms with Crippen LogP contribution in [0, 0.1) is 5.41 Å². The fourth-order valence-electron chi connectivity index (χ4n) is 1.85. The number of hydrogen-bond donors (Lipinski definition) is 2. The van der Waals surface area contributed by atoms with E-state index in [4.69, 9.17) is 5.41 Å². The maximum Gasteiger partial charge on any atom is 0.573 e. The molecule has 0 aliphatic rings. The number of ether oxygens (including phenoxy) is 1. The first-order chi connectivity index (χ1) is 11.2. The Bertz CT molecular complexity index is 753. The van der Waals surface area contributed by atoms with Gasteiger partial charge in [0.15, 0.2) is 5.96 Å². The van der Waals surface area contributed by atoms with Crippen molar-refractivity contribution in [3.05, 3.63) is 51.4 Å². The summed E-state index contributed by atoms with van der Waals surface area (Å²) < 4.78 is 42.3. The van der Waals surface area contributed by atoms with Gasteiger partial charge in [-0.05, 0) is 46.3 Å². The molecule has 4 nitrogen and oxygen atoms in total. The van der Waals surface area contributed by atoms with Crippen LogP contribution in [-0.4, -0.2) is 19.4 Å². The van der Waals surface area contributed by atoms with Crippen molar-refractivity contribution in [3.63, 3.8) is 0 Å². The summed E-state index contributed by atoms with van der Waals surface area (Å²) in [5, 5.41) is 10.8. The normalized spacial score (nSPS) is 11.1. The molecule has 0 radical (unpaired) electrons. The van der Waals surface area contributed by atoms with Gasteiger partial charge in [0.2, 0.25) is 0 Å². The van der Waals surface area contributed by atoms with Crippen molar-refractivity contribution in [1.29, 1.82) is 5.41 Å². The van der Waals surface area contributed by atoms with Crippen molar-refractivity contribution in [2.45, 2.75) is 6.36 Å². The van der Waals surface area contributed by atoms with Gasteiger partial charge in [0.05, 0.1) is 5.69 Å². The molecule has 2 rings (SSSR count). The van der Waals surface area contributed by atoms with Gasteiger partial charge in [-0.1, -0.05) is 22.0 Å². The molecular weight excluding hydrogens is 455 g/mol. The number of benzene rings is 2. The zero-order valence-corrected chi connectivity index (χ0v) is 15.5. The molecule has 0 heterocycles. The third-order valence-corrected chi connectivity index (χ3v) is 4.10. The van der Waals surface area contributed by atoms with E-state index in [9.17, 15) is 13.2 Å². The van der Waals surface area contributed by atoms with E-state index >= 15 is 0 Å². The van der Waals surface area contributed by atoms with Crippen molar-refractivity contribution >= 4 is 49.2 Å². The number of rotatable bonds is 3. The Morgan fingerprint density at radius 1 is 1.17 bits per heavy atom. The Hall–Kier alpha value is -1.74. The molecule has 128 valence electrons. The van der Waals surface area contributed by atoms with Gasteiger partial charge in [-0.15, -0.1) is 13.2 Å². The molecule has 2 aromatic carbocycles. The minimum Gasteiger partial charge on any atom is -0.406 e. The van der Waals surface area contributed by atoms with E-state index in [2.05, 4.69) is 41.9 Å². The first-order valence-electron chi connectivity index (χ1n) is 6.56. The van der Waals surface area contributed by atoms with Crippen molar-refractivity contribution < 1.29 is 17.9 Å². The lowest BCUT2D eigenvalue weighted by molar-refractivity contribution is -0.274. The Balaban J connectivity index is 2.14. The van der Waals surface area contributed by atoms with E-state index in [1.165, 1.54) is 18.2 Å². The summed E-state index contributed by atoms with van der Waals surface area (Å²) >= 11 is 6.75. The lowest BCUT2D eigenvalue weighted by Crippen LogP contribution is -2.32. The fraction of sp³-hybridized carbons (Fsp3) is 0.133. The molecule has 0 amide bonds. The zero-order valence-electron chi connectivity index (χ0n) is 12.3. The van der Waals surface area contributed by atoms with Gasteiger partial charge in [0, 0.05) is 27.7 Å². The summed E-state index contributed by atoms with van der Waals surface area (Å²) in [5.74, 6) is -0.371. The molecular formula is C15H12Br2F3N3O. The Morgan fingerprint density at radius 3 is 2.54 bits per heavy atom. The quantitative estimate of drug-likeness (QED) is 0.457. The molecule has 0 fully saturated rings. The van der Waals surface area contributed by atoms with Crippen LogP contribution in [0.15, 0.2) is 51.4 Å². The predicted molar refractivity (Wildman–Crippen MR) is 94.7 cm³/mol. The third-order valence-electron chi connectivity index (χ3n) is 2.94. The molecule has 0 aliphatic carbocycles. The summed E-state index contributed by atoms with van der Waals surface area (Å²) in [6.45, 7) is 0. The third kappa shape index (κ3) is 5.13. The zero-order chi connectivity index (χ0) is 17.9. The fourth-order valence-corrected chi connectivity index (χ4v) is 2.72. The van der Waals surface area contributed by atoms with Gasteiger partial charge in [0.1, 0.15) is 5.75 Å². The second-order valence-corrected chi connectivity index (χ2v) is 6.47. The molecule has 0 unspecified atom stereocenters. The summed E-state index contributed by atoms with van der Waals surface area (Å²) in [5.41, 5.74) is 1.02. The highest BCUT2D eigenvalue weighted by molar-refractivity contribution is 9.11. The molecule has 0 saturated heterocycles. The lowest BCUT2D eigenvalue weighted by atomic mass is 10.3. The van der Waals surface area contributed by atoms with Crippen molar-refractivity contribution in [3.8, 4) is 5.75 Å². The van der Waals surface area contributed by atoms with E-state index in [0.29, 0.717) is 11.4 Å². The molecule has 9 heteroatoms. The van der Waals surface area contributed by atoms with E-state index in [1.807, 2.05) is 18.2 Å². The molecule has 0 saturated carbocycles. The number of halogens is 5. The van der Waals surface area contributed by atoms with Crippen LogP contribution in [-0.2, 0) is 0 Å². The molecule has 24 heavy (non-hydrogen) atoms. The van der Waals surface area contributed by atoms with Crippen molar-refractivity contribution in [1.82, 2.24) is 0 Å². The topological polar surface area (TPSA) is 48.4 Å². The molecule has 0 spiro atoms. The highest BCUT2D eigenvalue weighted by Gasteiger charge is 2.31. The lowest BCUT2D eigenvalue weighted by Gasteiger charge is -2.22. The number of nitrogens with zero attached hydrogens (tertiary/aromatic N) is 1. The van der Waals surface area contributed by atoms with Gasteiger partial charge in [-0.3, -0.25) is 5.41 Å². The molecule has 0 aromatic heterocycles. The smallest absolute Gasteiger partial charge is 0.406 e. The first-order valence-corrected chi connectivity index (χ1v) is 8.14. The number of hydrogen-bond acceptors (Lipinski definition) is 2. The minimum atomic E-state index is -4.76. The Morgan fingerprint density at radius 2 is 1.88 bits per heavy atom. The Labute approximate surface area is 153 Å². The van der Waals surface area contributed by atoms with Gasteiger partial charge in [0.25, 0.3) is 0 Å². The average Bonchev–Trinajstić information content (AvgIpc) is 2.47. The van der Waals surface area contributed by atoms with Gasteiger partial charge in [-0.25, -0.2) is 0 Å². The minimum absolute atomic E-state index is 0.0158. The Kier molecular flexibility index (Phi) is 5.76. The maximum absolute atomic E-state index is 12.3. The molecule has 0 aliphatic heterocycles. The van der Waals surface area contributed by atoms with Crippen LogP contribution in [0.3, 0.4) is 0 Å². The van der Waals surface area contributed by atoms with Crippen LogP contribution in [0.5, 0.6) is 5.75 Å². The van der Waals surface area contributed by atoms with Gasteiger partial charge >= 0.3 is 6.36 Å². The number of alkyl halides is 3. The maximum atomic E-state index is 12.3. The number of nitrogens with one attached hydrogen (secondary N) is 2. The van der Waals surface area contributed by atoms with E-state index < -0.39 is 6.36 Å². The summed E-state index contributed by atoms with van der Waals surface area (Å²) in [4.78, 5) is 1.55. The van der Waals surface area contributed by atoms with E-state index in [-0.39, 0.29) is 11.7 Å². The van der Waals surface area contributed by atoms with E-state index in [1.54, 1.807) is 18.0 Å². The van der Waals surface area contributed by atoms with Crippen molar-refractivity contribution in [2.75, 3.05) is 17.3 Å².